The van der Waals surface area contributed by atoms with Crippen LogP contribution in [0.25, 0.3) is 5.57 Å². The maximum absolute atomic E-state index is 11.9. The Morgan fingerprint density at radius 3 is 2.50 bits per heavy atom. The molecule has 2 aliphatic heterocycles. The van der Waals surface area contributed by atoms with Gasteiger partial charge in [-0.25, -0.2) is 4.79 Å². The smallest absolute Gasteiger partial charge is 0.341 e. The predicted molar refractivity (Wildman–Crippen MR) is 66.7 cm³/mol. The molecule has 1 fully saturated rings. The minimum atomic E-state index is -0.220. The fourth-order valence-electron chi connectivity index (χ4n) is 2.37. The third kappa shape index (κ3) is 1.99. The van der Waals surface area contributed by atoms with Crippen molar-refractivity contribution in [2.45, 2.75) is 0 Å². The Bertz CT molecular complexity index is 475. The second-order valence-electron chi connectivity index (χ2n) is 4.36. The van der Waals surface area contributed by atoms with E-state index in [4.69, 9.17) is 9.47 Å². The minimum absolute atomic E-state index is 0.220. The van der Waals surface area contributed by atoms with Gasteiger partial charge in [-0.15, -0.1) is 0 Å². The van der Waals surface area contributed by atoms with E-state index in [0.29, 0.717) is 25.4 Å². The van der Waals surface area contributed by atoms with Crippen LogP contribution < -0.4 is 0 Å². The molecule has 4 heteroatoms. The van der Waals surface area contributed by atoms with Crippen molar-refractivity contribution in [1.29, 1.82) is 0 Å². The summed E-state index contributed by atoms with van der Waals surface area (Å²) in [5.41, 5.74) is 2.63. The molecule has 0 radical (unpaired) electrons. The van der Waals surface area contributed by atoms with Gasteiger partial charge in [0.15, 0.2) is 0 Å². The third-order valence-corrected chi connectivity index (χ3v) is 3.29. The maximum atomic E-state index is 11.9. The molecule has 18 heavy (non-hydrogen) atoms. The zero-order chi connectivity index (χ0) is 12.4. The first-order valence-electron chi connectivity index (χ1n) is 6.14. The Balaban J connectivity index is 1.98. The number of esters is 1. The van der Waals surface area contributed by atoms with E-state index in [9.17, 15) is 4.79 Å². The summed E-state index contributed by atoms with van der Waals surface area (Å²) in [4.78, 5) is 14.1. The number of nitrogens with zero attached hydrogens (tertiary/aromatic N) is 1. The molecule has 1 aromatic rings. The van der Waals surface area contributed by atoms with Crippen LogP contribution in [-0.2, 0) is 14.3 Å². The highest BCUT2D eigenvalue weighted by Gasteiger charge is 2.30. The number of cyclic esters (lactones) is 1. The number of benzene rings is 1. The van der Waals surface area contributed by atoms with Gasteiger partial charge in [-0.3, -0.25) is 0 Å². The van der Waals surface area contributed by atoms with E-state index in [0.717, 1.165) is 24.4 Å². The van der Waals surface area contributed by atoms with Crippen LogP contribution in [0.5, 0.6) is 0 Å². The second-order valence-corrected chi connectivity index (χ2v) is 4.36. The van der Waals surface area contributed by atoms with E-state index in [1.807, 2.05) is 30.3 Å². The molecule has 0 atom stereocenters. The summed E-state index contributed by atoms with van der Waals surface area (Å²) >= 11 is 0. The Hall–Kier alpha value is -1.81. The van der Waals surface area contributed by atoms with E-state index < -0.39 is 0 Å². The third-order valence-electron chi connectivity index (χ3n) is 3.29. The van der Waals surface area contributed by atoms with Crippen LogP contribution in [0.4, 0.5) is 0 Å². The highest BCUT2D eigenvalue weighted by Crippen LogP contribution is 2.28. The van der Waals surface area contributed by atoms with Gasteiger partial charge >= 0.3 is 5.97 Å². The Morgan fingerprint density at radius 2 is 1.78 bits per heavy atom. The number of carbonyl (C=O) groups is 1. The summed E-state index contributed by atoms with van der Waals surface area (Å²) in [7, 11) is 0. The molecule has 0 aromatic heterocycles. The number of morpholine rings is 1. The molecular weight excluding hydrogens is 230 g/mol. The standard InChI is InChI=1S/C14H15NO3/c16-14-13(11-4-2-1-3-5-11)12(10-18-14)15-6-8-17-9-7-15/h1-5H,6-10H2. The molecular formula is C14H15NO3. The van der Waals surface area contributed by atoms with Gasteiger partial charge in [0.1, 0.15) is 6.61 Å². The summed E-state index contributed by atoms with van der Waals surface area (Å²) in [6, 6.07) is 9.71. The van der Waals surface area contributed by atoms with Crippen LogP contribution in [0.1, 0.15) is 5.56 Å². The SMILES string of the molecule is O=C1OCC(N2CCOCC2)=C1c1ccccc1. The summed E-state index contributed by atoms with van der Waals surface area (Å²) in [6.45, 7) is 3.44. The molecule has 0 saturated carbocycles. The van der Waals surface area contributed by atoms with Gasteiger partial charge in [-0.05, 0) is 5.56 Å². The van der Waals surface area contributed by atoms with E-state index in [2.05, 4.69) is 4.90 Å². The van der Waals surface area contributed by atoms with E-state index in [1.54, 1.807) is 0 Å². The van der Waals surface area contributed by atoms with E-state index in [1.165, 1.54) is 0 Å². The Labute approximate surface area is 106 Å². The Kier molecular flexibility index (Phi) is 3.02. The number of carbonyl (C=O) groups excluding carboxylic acids is 1. The average Bonchev–Trinajstić information content (AvgIpc) is 2.83. The second kappa shape index (κ2) is 4.82. The quantitative estimate of drug-likeness (QED) is 0.736. The summed E-state index contributed by atoms with van der Waals surface area (Å²) in [5, 5.41) is 0. The van der Waals surface area contributed by atoms with Crippen molar-refractivity contribution in [3.8, 4) is 0 Å². The Morgan fingerprint density at radius 1 is 1.06 bits per heavy atom. The van der Waals surface area contributed by atoms with Crippen LogP contribution in [-0.4, -0.2) is 43.8 Å². The van der Waals surface area contributed by atoms with Gasteiger partial charge in [0.25, 0.3) is 0 Å². The van der Waals surface area contributed by atoms with Crippen LogP contribution >= 0.6 is 0 Å². The van der Waals surface area contributed by atoms with Gasteiger partial charge in [0.05, 0.1) is 24.5 Å². The largest absolute Gasteiger partial charge is 0.456 e. The molecule has 2 aliphatic rings. The first kappa shape index (κ1) is 11.3. The van der Waals surface area contributed by atoms with Gasteiger partial charge in [0, 0.05) is 13.1 Å². The highest BCUT2D eigenvalue weighted by atomic mass is 16.5. The normalized spacial score (nSPS) is 20.2. The minimum Gasteiger partial charge on any atom is -0.456 e. The molecule has 4 nitrogen and oxygen atoms in total. The van der Waals surface area contributed by atoms with E-state index in [-0.39, 0.29) is 5.97 Å². The van der Waals surface area contributed by atoms with Gasteiger partial charge in [-0.2, -0.15) is 0 Å². The molecule has 3 rings (SSSR count). The highest BCUT2D eigenvalue weighted by molar-refractivity contribution is 6.19. The number of hydrogen-bond acceptors (Lipinski definition) is 4. The lowest BCUT2D eigenvalue weighted by molar-refractivity contribution is -0.134. The average molecular weight is 245 g/mol. The van der Waals surface area contributed by atoms with Crippen LogP contribution in [0.2, 0.25) is 0 Å². The van der Waals surface area contributed by atoms with Crippen molar-refractivity contribution in [2.75, 3.05) is 32.9 Å². The van der Waals surface area contributed by atoms with Gasteiger partial charge in [0.2, 0.25) is 0 Å². The summed E-state index contributed by atoms with van der Waals surface area (Å²) in [5.74, 6) is -0.220. The predicted octanol–water partition coefficient (Wildman–Crippen LogP) is 1.29. The summed E-state index contributed by atoms with van der Waals surface area (Å²) < 4.78 is 10.5. The fraction of sp³-hybridized carbons (Fsp3) is 0.357. The molecule has 1 saturated heterocycles. The van der Waals surface area contributed by atoms with Crippen molar-refractivity contribution < 1.29 is 14.3 Å². The lowest BCUT2D eigenvalue weighted by Gasteiger charge is -2.29. The molecule has 0 amide bonds. The van der Waals surface area contributed by atoms with Crippen LogP contribution in [0, 0.1) is 0 Å². The van der Waals surface area contributed by atoms with Crippen molar-refractivity contribution in [2.24, 2.45) is 0 Å². The first-order chi connectivity index (χ1) is 8.86. The van der Waals surface area contributed by atoms with Crippen LogP contribution in [0.15, 0.2) is 36.0 Å². The van der Waals surface area contributed by atoms with Crippen molar-refractivity contribution in [3.05, 3.63) is 41.6 Å². The topological polar surface area (TPSA) is 38.8 Å². The maximum Gasteiger partial charge on any atom is 0.341 e. The lowest BCUT2D eigenvalue weighted by atomic mass is 10.0. The summed E-state index contributed by atoms with van der Waals surface area (Å²) in [6.07, 6.45) is 0. The zero-order valence-corrected chi connectivity index (χ0v) is 10.1. The molecule has 2 heterocycles. The first-order valence-corrected chi connectivity index (χ1v) is 6.14. The number of ether oxygens (including phenoxy) is 2. The van der Waals surface area contributed by atoms with Crippen molar-refractivity contribution >= 4 is 11.5 Å². The zero-order valence-electron chi connectivity index (χ0n) is 10.1. The fourth-order valence-corrected chi connectivity index (χ4v) is 2.37. The van der Waals surface area contributed by atoms with E-state index >= 15 is 0 Å². The molecule has 0 aliphatic carbocycles. The van der Waals surface area contributed by atoms with Gasteiger partial charge in [-0.1, -0.05) is 30.3 Å². The number of rotatable bonds is 2. The lowest BCUT2D eigenvalue weighted by Crippen LogP contribution is -2.36. The molecule has 0 bridgehead atoms. The molecule has 0 unspecified atom stereocenters. The molecule has 1 aromatic carbocycles. The van der Waals surface area contributed by atoms with Crippen molar-refractivity contribution in [3.63, 3.8) is 0 Å². The van der Waals surface area contributed by atoms with Gasteiger partial charge < -0.3 is 14.4 Å². The molecule has 0 N–H and O–H groups in total. The monoisotopic (exact) mass is 245 g/mol. The molecule has 0 spiro atoms. The number of hydrogen-bond donors (Lipinski definition) is 0. The van der Waals surface area contributed by atoms with Crippen molar-refractivity contribution in [1.82, 2.24) is 4.90 Å². The van der Waals surface area contributed by atoms with Crippen LogP contribution in [0.3, 0.4) is 0 Å². The molecule has 94 valence electrons.